The Morgan fingerprint density at radius 1 is 1.78 bits per heavy atom. The third-order valence-electron chi connectivity index (χ3n) is 1.90. The minimum Gasteiger partial charge on any atom is -0.392 e. The molecular weight excluding hydrogens is 116 g/mol. The molecule has 1 saturated heterocycles. The summed E-state index contributed by atoms with van der Waals surface area (Å²) >= 11 is 0. The molecule has 0 aliphatic carbocycles. The van der Waals surface area contributed by atoms with E-state index in [9.17, 15) is 0 Å². The molecular formula is C6H14N2O. The van der Waals surface area contributed by atoms with E-state index in [4.69, 9.17) is 10.9 Å². The molecule has 0 aromatic heterocycles. The fourth-order valence-corrected chi connectivity index (χ4v) is 1.33. The topological polar surface area (TPSA) is 49.5 Å². The first kappa shape index (κ1) is 6.99. The quantitative estimate of drug-likeness (QED) is 0.479. The molecule has 0 aromatic carbocycles. The summed E-state index contributed by atoms with van der Waals surface area (Å²) in [4.78, 5) is 0. The molecule has 54 valence electrons. The van der Waals surface area contributed by atoms with E-state index in [2.05, 4.69) is 0 Å². The van der Waals surface area contributed by atoms with Crippen molar-refractivity contribution < 1.29 is 5.11 Å². The first-order chi connectivity index (χ1) is 4.22. The summed E-state index contributed by atoms with van der Waals surface area (Å²) in [7, 11) is 0. The Balaban J connectivity index is 2.40. The van der Waals surface area contributed by atoms with Gasteiger partial charge in [-0.3, -0.25) is 5.84 Å². The molecule has 1 rings (SSSR count). The lowest BCUT2D eigenvalue weighted by atomic mass is 10.1. The van der Waals surface area contributed by atoms with Gasteiger partial charge in [0.1, 0.15) is 0 Å². The van der Waals surface area contributed by atoms with E-state index < -0.39 is 0 Å². The number of nitrogens with two attached hydrogens (primary N) is 1. The molecule has 0 saturated carbocycles. The molecule has 0 bridgehead atoms. The zero-order chi connectivity index (χ0) is 6.85. The average Bonchev–Trinajstić information content (AvgIpc) is 2.13. The first-order valence-corrected chi connectivity index (χ1v) is 3.41. The summed E-state index contributed by atoms with van der Waals surface area (Å²) < 4.78 is 0. The van der Waals surface area contributed by atoms with Crippen molar-refractivity contribution in [3.63, 3.8) is 0 Å². The largest absolute Gasteiger partial charge is 0.392 e. The molecule has 9 heavy (non-hydrogen) atoms. The summed E-state index contributed by atoms with van der Waals surface area (Å²) in [6, 6.07) is 0.199. The maximum atomic E-state index is 9.10. The second-order valence-corrected chi connectivity index (χ2v) is 2.69. The Bertz CT molecular complexity index is 95.1. The number of hydrazine groups is 1. The van der Waals surface area contributed by atoms with Crippen LogP contribution in [0.3, 0.4) is 0 Å². The first-order valence-electron chi connectivity index (χ1n) is 3.41. The number of nitrogens with zero attached hydrogens (tertiary/aromatic N) is 1. The second kappa shape index (κ2) is 2.64. The van der Waals surface area contributed by atoms with Gasteiger partial charge in [-0.05, 0) is 19.8 Å². The van der Waals surface area contributed by atoms with Gasteiger partial charge in [0.15, 0.2) is 0 Å². The minimum atomic E-state index is -0.280. The van der Waals surface area contributed by atoms with E-state index in [0.717, 1.165) is 19.4 Å². The Morgan fingerprint density at radius 3 is 2.67 bits per heavy atom. The molecule has 1 aliphatic heterocycles. The number of aliphatic hydroxyl groups excluding tert-OH is 1. The Kier molecular flexibility index (Phi) is 2.05. The molecule has 3 nitrogen and oxygen atoms in total. The Hall–Kier alpha value is -0.120. The van der Waals surface area contributed by atoms with E-state index in [1.807, 2.05) is 0 Å². The van der Waals surface area contributed by atoms with E-state index in [0.29, 0.717) is 0 Å². The van der Waals surface area contributed by atoms with Crippen LogP contribution in [-0.2, 0) is 0 Å². The van der Waals surface area contributed by atoms with Gasteiger partial charge in [-0.2, -0.15) is 0 Å². The summed E-state index contributed by atoms with van der Waals surface area (Å²) in [5.41, 5.74) is 0. The second-order valence-electron chi connectivity index (χ2n) is 2.69. The third kappa shape index (κ3) is 1.41. The predicted octanol–water partition coefficient (Wildman–Crippen LogP) is -0.295. The van der Waals surface area contributed by atoms with Gasteiger partial charge in [0.2, 0.25) is 0 Å². The maximum Gasteiger partial charge on any atom is 0.0681 e. The van der Waals surface area contributed by atoms with Gasteiger partial charge >= 0.3 is 0 Å². The van der Waals surface area contributed by atoms with E-state index >= 15 is 0 Å². The molecule has 3 heteroatoms. The van der Waals surface area contributed by atoms with Crippen molar-refractivity contribution in [3.8, 4) is 0 Å². The van der Waals surface area contributed by atoms with E-state index in [1.54, 1.807) is 11.9 Å². The van der Waals surface area contributed by atoms with Crippen LogP contribution in [0.2, 0.25) is 0 Å². The lowest BCUT2D eigenvalue weighted by molar-refractivity contribution is 0.0871. The summed E-state index contributed by atoms with van der Waals surface area (Å²) in [6.45, 7) is 2.71. The number of aliphatic hydroxyl groups is 1. The standard InChI is InChI=1S/C6H14N2O/c1-5(9)6-3-2-4-8(6)7/h5-6,9H,2-4,7H2,1H3/t5-,6-/m1/s1. The normalized spacial score (nSPS) is 33.0. The van der Waals surface area contributed by atoms with Gasteiger partial charge in [0.05, 0.1) is 6.10 Å². The van der Waals surface area contributed by atoms with Crippen molar-refractivity contribution in [1.29, 1.82) is 0 Å². The highest BCUT2D eigenvalue weighted by atomic mass is 16.3. The fraction of sp³-hybridized carbons (Fsp3) is 1.00. The highest BCUT2D eigenvalue weighted by Gasteiger charge is 2.25. The molecule has 0 spiro atoms. The van der Waals surface area contributed by atoms with Crippen LogP contribution in [0, 0.1) is 0 Å². The predicted molar refractivity (Wildman–Crippen MR) is 35.6 cm³/mol. The third-order valence-corrected chi connectivity index (χ3v) is 1.90. The lowest BCUT2D eigenvalue weighted by Gasteiger charge is -2.20. The van der Waals surface area contributed by atoms with Crippen LogP contribution in [0.25, 0.3) is 0 Å². The smallest absolute Gasteiger partial charge is 0.0681 e. The molecule has 1 fully saturated rings. The molecule has 1 aliphatic rings. The highest BCUT2D eigenvalue weighted by molar-refractivity contribution is 4.78. The molecule has 1 heterocycles. The molecule has 0 unspecified atom stereocenters. The molecule has 0 radical (unpaired) electrons. The Labute approximate surface area is 55.4 Å². The maximum absolute atomic E-state index is 9.10. The van der Waals surface area contributed by atoms with Crippen LogP contribution >= 0.6 is 0 Å². The lowest BCUT2D eigenvalue weighted by Crippen LogP contribution is -2.42. The van der Waals surface area contributed by atoms with Gasteiger partial charge in [-0.25, -0.2) is 5.01 Å². The van der Waals surface area contributed by atoms with Crippen LogP contribution < -0.4 is 5.84 Å². The van der Waals surface area contributed by atoms with Crippen LogP contribution in [-0.4, -0.2) is 28.8 Å². The molecule has 3 N–H and O–H groups in total. The SMILES string of the molecule is C[C@@H](O)[C@H]1CCCN1N. The van der Waals surface area contributed by atoms with Gasteiger partial charge in [-0.1, -0.05) is 0 Å². The van der Waals surface area contributed by atoms with Gasteiger partial charge < -0.3 is 5.11 Å². The average molecular weight is 130 g/mol. The number of rotatable bonds is 1. The Morgan fingerprint density at radius 2 is 2.44 bits per heavy atom. The monoisotopic (exact) mass is 130 g/mol. The van der Waals surface area contributed by atoms with Gasteiger partial charge in [0.25, 0.3) is 0 Å². The highest BCUT2D eigenvalue weighted by Crippen LogP contribution is 2.15. The summed E-state index contributed by atoms with van der Waals surface area (Å²) in [5.74, 6) is 5.55. The molecule has 2 atom stereocenters. The fourth-order valence-electron chi connectivity index (χ4n) is 1.33. The molecule has 0 amide bonds. The van der Waals surface area contributed by atoms with Crippen molar-refractivity contribution in [2.24, 2.45) is 5.84 Å². The van der Waals surface area contributed by atoms with E-state index in [-0.39, 0.29) is 12.1 Å². The van der Waals surface area contributed by atoms with Crippen molar-refractivity contribution >= 4 is 0 Å². The molecule has 0 aromatic rings. The van der Waals surface area contributed by atoms with Gasteiger partial charge in [-0.15, -0.1) is 0 Å². The summed E-state index contributed by atoms with van der Waals surface area (Å²) in [6.07, 6.45) is 1.87. The van der Waals surface area contributed by atoms with E-state index in [1.165, 1.54) is 0 Å². The van der Waals surface area contributed by atoms with Crippen molar-refractivity contribution in [2.75, 3.05) is 6.54 Å². The van der Waals surface area contributed by atoms with Crippen LogP contribution in [0.15, 0.2) is 0 Å². The van der Waals surface area contributed by atoms with Gasteiger partial charge in [0, 0.05) is 12.6 Å². The van der Waals surface area contributed by atoms with Crippen molar-refractivity contribution in [1.82, 2.24) is 5.01 Å². The number of hydrogen-bond acceptors (Lipinski definition) is 3. The zero-order valence-corrected chi connectivity index (χ0v) is 5.75. The minimum absolute atomic E-state index is 0.199. The van der Waals surface area contributed by atoms with Crippen molar-refractivity contribution in [2.45, 2.75) is 31.9 Å². The van der Waals surface area contributed by atoms with Crippen LogP contribution in [0.4, 0.5) is 0 Å². The zero-order valence-electron chi connectivity index (χ0n) is 5.75. The summed E-state index contributed by atoms with van der Waals surface area (Å²) in [5, 5.41) is 10.8. The van der Waals surface area contributed by atoms with Crippen molar-refractivity contribution in [3.05, 3.63) is 0 Å². The van der Waals surface area contributed by atoms with Crippen LogP contribution in [0.5, 0.6) is 0 Å². The number of hydrogen-bond donors (Lipinski definition) is 2. The van der Waals surface area contributed by atoms with Crippen LogP contribution in [0.1, 0.15) is 19.8 Å².